The number of aryl methyl sites for hydroxylation is 1. The molecule has 34 heavy (non-hydrogen) atoms. The molecule has 0 aromatic heterocycles. The van der Waals surface area contributed by atoms with E-state index in [1.807, 2.05) is 27.7 Å². The maximum absolute atomic E-state index is 13.5. The molecule has 0 unspecified atom stereocenters. The summed E-state index contributed by atoms with van der Waals surface area (Å²) in [5.74, 6) is 0.833. The van der Waals surface area contributed by atoms with Gasteiger partial charge in [-0.1, -0.05) is 17.7 Å². The van der Waals surface area contributed by atoms with Gasteiger partial charge in [-0.3, -0.25) is 9.10 Å². The largest absolute Gasteiger partial charge is 0.494 e. The highest BCUT2D eigenvalue weighted by molar-refractivity contribution is 7.92. The lowest BCUT2D eigenvalue weighted by molar-refractivity contribution is -0.114. The summed E-state index contributed by atoms with van der Waals surface area (Å²) in [5.41, 5.74) is 1.84. The van der Waals surface area contributed by atoms with Crippen LogP contribution in [0.25, 0.3) is 0 Å². The summed E-state index contributed by atoms with van der Waals surface area (Å²) in [6, 6.07) is 20.1. The monoisotopic (exact) mass is 482 g/mol. The van der Waals surface area contributed by atoms with Crippen molar-refractivity contribution >= 4 is 27.3 Å². The number of nitrogens with one attached hydrogen (secondary N) is 1. The van der Waals surface area contributed by atoms with Crippen LogP contribution in [0.4, 0.5) is 11.4 Å². The minimum atomic E-state index is -3.99. The van der Waals surface area contributed by atoms with Gasteiger partial charge in [0.15, 0.2) is 0 Å². The number of carbonyl (C=O) groups excluding carboxylic acids is 1. The Balaban J connectivity index is 1.85. The zero-order valence-electron chi connectivity index (χ0n) is 19.8. The maximum atomic E-state index is 13.5. The number of anilines is 2. The highest BCUT2D eigenvalue weighted by atomic mass is 32.2. The second kappa shape index (κ2) is 11.1. The van der Waals surface area contributed by atoms with Crippen LogP contribution < -0.4 is 19.1 Å². The van der Waals surface area contributed by atoms with Crippen LogP contribution in [0.2, 0.25) is 0 Å². The average molecular weight is 483 g/mol. The minimum absolute atomic E-state index is 0.0371. The van der Waals surface area contributed by atoms with E-state index in [0.717, 1.165) is 9.87 Å². The SMILES string of the molecule is CCOc1ccc(N(CC(=O)Nc2ccc(OC(C)C)cc2)S(=O)(=O)c2ccc(C)cc2)cc1. The number of nitrogens with zero attached hydrogens (tertiary/aromatic N) is 1. The molecule has 3 aromatic rings. The number of hydrogen-bond acceptors (Lipinski definition) is 5. The van der Waals surface area contributed by atoms with Gasteiger partial charge >= 0.3 is 0 Å². The summed E-state index contributed by atoms with van der Waals surface area (Å²) < 4.78 is 39.1. The number of hydrogen-bond donors (Lipinski definition) is 1. The van der Waals surface area contributed by atoms with Crippen molar-refractivity contribution in [2.45, 2.75) is 38.7 Å². The molecule has 0 aliphatic carbocycles. The molecule has 0 saturated heterocycles. The van der Waals surface area contributed by atoms with E-state index in [9.17, 15) is 13.2 Å². The van der Waals surface area contributed by atoms with Gasteiger partial charge in [-0.05, 0) is 88.4 Å². The van der Waals surface area contributed by atoms with E-state index in [1.54, 1.807) is 60.7 Å². The lowest BCUT2D eigenvalue weighted by Gasteiger charge is -2.24. The Kier molecular flexibility index (Phi) is 8.17. The van der Waals surface area contributed by atoms with Gasteiger partial charge in [0.2, 0.25) is 5.91 Å². The summed E-state index contributed by atoms with van der Waals surface area (Å²) in [6.07, 6.45) is 0.0371. The Morgan fingerprint density at radius 2 is 1.50 bits per heavy atom. The van der Waals surface area contributed by atoms with E-state index >= 15 is 0 Å². The van der Waals surface area contributed by atoms with Crippen molar-refractivity contribution in [3.8, 4) is 11.5 Å². The van der Waals surface area contributed by atoms with Crippen molar-refractivity contribution in [3.63, 3.8) is 0 Å². The average Bonchev–Trinajstić information content (AvgIpc) is 2.79. The van der Waals surface area contributed by atoms with Crippen LogP contribution in [0.15, 0.2) is 77.7 Å². The fraction of sp³-hybridized carbons (Fsp3) is 0.269. The molecule has 0 saturated carbocycles. The molecule has 7 nitrogen and oxygen atoms in total. The smallest absolute Gasteiger partial charge is 0.264 e. The van der Waals surface area contributed by atoms with E-state index in [1.165, 1.54) is 12.1 Å². The Morgan fingerprint density at radius 1 is 0.912 bits per heavy atom. The number of ether oxygens (including phenoxy) is 2. The molecule has 8 heteroatoms. The third-order valence-corrected chi connectivity index (χ3v) is 6.63. The van der Waals surface area contributed by atoms with Gasteiger partial charge < -0.3 is 14.8 Å². The summed E-state index contributed by atoms with van der Waals surface area (Å²) in [5, 5.41) is 2.76. The van der Waals surface area contributed by atoms with Gasteiger partial charge in [-0.25, -0.2) is 8.42 Å². The Bertz CT molecular complexity index is 1190. The lowest BCUT2D eigenvalue weighted by Crippen LogP contribution is -2.38. The number of benzene rings is 3. The van der Waals surface area contributed by atoms with Gasteiger partial charge in [-0.2, -0.15) is 0 Å². The molecule has 0 spiro atoms. The highest BCUT2D eigenvalue weighted by Gasteiger charge is 2.27. The van der Waals surface area contributed by atoms with E-state index in [-0.39, 0.29) is 11.0 Å². The Labute approximate surface area is 201 Å². The van der Waals surface area contributed by atoms with Crippen molar-refractivity contribution < 1.29 is 22.7 Å². The van der Waals surface area contributed by atoms with Crippen LogP contribution in [0.1, 0.15) is 26.3 Å². The van der Waals surface area contributed by atoms with Crippen molar-refractivity contribution in [2.24, 2.45) is 0 Å². The van der Waals surface area contributed by atoms with Crippen LogP contribution in [0.3, 0.4) is 0 Å². The molecule has 1 amide bonds. The highest BCUT2D eigenvalue weighted by Crippen LogP contribution is 2.26. The van der Waals surface area contributed by atoms with Gasteiger partial charge in [0.1, 0.15) is 18.0 Å². The number of sulfonamides is 1. The predicted molar refractivity (Wildman–Crippen MR) is 134 cm³/mol. The standard InChI is InChI=1S/C26H30N2O5S/c1-5-32-23-14-10-22(11-15-23)28(34(30,31)25-16-6-20(4)7-17-25)18-26(29)27-21-8-12-24(13-9-21)33-19(2)3/h6-17,19H,5,18H2,1-4H3,(H,27,29). The van der Waals surface area contributed by atoms with Crippen molar-refractivity contribution in [1.82, 2.24) is 0 Å². The molecular formula is C26H30N2O5S. The van der Waals surface area contributed by atoms with E-state index in [2.05, 4.69) is 5.32 Å². The molecule has 0 radical (unpaired) electrons. The first-order chi connectivity index (χ1) is 16.2. The third-order valence-electron chi connectivity index (χ3n) is 4.84. The molecule has 0 heterocycles. The maximum Gasteiger partial charge on any atom is 0.264 e. The summed E-state index contributed by atoms with van der Waals surface area (Å²) in [7, 11) is -3.99. The lowest BCUT2D eigenvalue weighted by atomic mass is 10.2. The molecule has 1 N–H and O–H groups in total. The van der Waals surface area contributed by atoms with Crippen molar-refractivity contribution in [2.75, 3.05) is 22.8 Å². The van der Waals surface area contributed by atoms with Gasteiger partial charge in [0, 0.05) is 5.69 Å². The minimum Gasteiger partial charge on any atom is -0.494 e. The third kappa shape index (κ3) is 6.51. The molecule has 0 fully saturated rings. The first-order valence-electron chi connectivity index (χ1n) is 11.1. The second-order valence-electron chi connectivity index (χ2n) is 7.99. The quantitative estimate of drug-likeness (QED) is 0.439. The van der Waals surface area contributed by atoms with Gasteiger partial charge in [0.25, 0.3) is 10.0 Å². The molecule has 0 bridgehead atoms. The second-order valence-corrected chi connectivity index (χ2v) is 9.85. The van der Waals surface area contributed by atoms with Gasteiger partial charge in [0.05, 0.1) is 23.3 Å². The number of rotatable bonds is 10. The zero-order chi connectivity index (χ0) is 24.7. The van der Waals surface area contributed by atoms with E-state index < -0.39 is 22.5 Å². The Morgan fingerprint density at radius 3 is 2.06 bits per heavy atom. The molecular weight excluding hydrogens is 452 g/mol. The predicted octanol–water partition coefficient (Wildman–Crippen LogP) is 5.01. The van der Waals surface area contributed by atoms with Gasteiger partial charge in [-0.15, -0.1) is 0 Å². The topological polar surface area (TPSA) is 84.9 Å². The van der Waals surface area contributed by atoms with Crippen LogP contribution >= 0.6 is 0 Å². The molecule has 0 aliphatic heterocycles. The molecule has 180 valence electrons. The van der Waals surface area contributed by atoms with Crippen LogP contribution in [0, 0.1) is 6.92 Å². The first-order valence-corrected chi connectivity index (χ1v) is 12.5. The van der Waals surface area contributed by atoms with Crippen molar-refractivity contribution in [1.29, 1.82) is 0 Å². The van der Waals surface area contributed by atoms with Crippen LogP contribution in [-0.4, -0.2) is 33.6 Å². The van der Waals surface area contributed by atoms with E-state index in [0.29, 0.717) is 29.5 Å². The number of carbonyl (C=O) groups is 1. The number of amides is 1. The normalized spacial score (nSPS) is 11.2. The summed E-state index contributed by atoms with van der Waals surface area (Å²) >= 11 is 0. The fourth-order valence-electron chi connectivity index (χ4n) is 3.25. The fourth-order valence-corrected chi connectivity index (χ4v) is 4.67. The zero-order valence-corrected chi connectivity index (χ0v) is 20.6. The summed E-state index contributed by atoms with van der Waals surface area (Å²) in [6.45, 7) is 7.71. The molecule has 0 aliphatic rings. The van der Waals surface area contributed by atoms with Crippen molar-refractivity contribution in [3.05, 3.63) is 78.4 Å². The van der Waals surface area contributed by atoms with E-state index in [4.69, 9.17) is 9.47 Å². The summed E-state index contributed by atoms with van der Waals surface area (Å²) in [4.78, 5) is 13.0. The molecule has 3 aromatic carbocycles. The first kappa shape index (κ1) is 25.1. The van der Waals surface area contributed by atoms with Crippen LogP contribution in [-0.2, 0) is 14.8 Å². The van der Waals surface area contributed by atoms with Crippen LogP contribution in [0.5, 0.6) is 11.5 Å². The molecule has 3 rings (SSSR count). The Hall–Kier alpha value is -3.52. The molecule has 0 atom stereocenters.